The number of aromatic carboxylic acids is 1. The van der Waals surface area contributed by atoms with Crippen molar-refractivity contribution < 1.29 is 9.90 Å². The van der Waals surface area contributed by atoms with Crippen LogP contribution in [-0.4, -0.2) is 11.1 Å². The third-order valence-corrected chi connectivity index (χ3v) is 7.32. The van der Waals surface area contributed by atoms with Crippen LogP contribution in [0.5, 0.6) is 0 Å². The van der Waals surface area contributed by atoms with E-state index in [-0.39, 0.29) is 0 Å². The van der Waals surface area contributed by atoms with E-state index >= 15 is 0 Å². The molecule has 0 bridgehead atoms. The first kappa shape index (κ1) is 29.9. The van der Waals surface area contributed by atoms with Gasteiger partial charge in [-0.2, -0.15) is 0 Å². The summed E-state index contributed by atoms with van der Waals surface area (Å²) in [5, 5.41) is 9.10. The topological polar surface area (TPSA) is 37.3 Å². The van der Waals surface area contributed by atoms with Gasteiger partial charge in [0.1, 0.15) is 0 Å². The zero-order valence-electron chi connectivity index (χ0n) is 23.0. The van der Waals surface area contributed by atoms with E-state index in [1.165, 1.54) is 50.5 Å². The van der Waals surface area contributed by atoms with Gasteiger partial charge in [0.2, 0.25) is 0 Å². The Morgan fingerprint density at radius 3 is 2.41 bits per heavy atom. The van der Waals surface area contributed by atoms with Crippen LogP contribution in [0.4, 0.5) is 0 Å². The number of unbranched alkanes of at least 4 members (excludes halogenated alkanes) is 3. The molecule has 3 rings (SSSR count). The van der Waals surface area contributed by atoms with Gasteiger partial charge in [-0.05, 0) is 67.7 Å². The minimum atomic E-state index is -0.861. The lowest BCUT2D eigenvalue weighted by Crippen LogP contribution is -2.34. The first-order chi connectivity index (χ1) is 17.9. The number of carboxylic acid groups (broad SMARTS) is 1. The summed E-state index contributed by atoms with van der Waals surface area (Å²) in [6.45, 7) is 10.3. The smallest absolute Gasteiger partial charge is 0.336 e. The molecular weight excluding hydrogens is 452 g/mol. The number of carboxylic acids is 1. The van der Waals surface area contributed by atoms with Crippen molar-refractivity contribution in [1.29, 1.82) is 0 Å². The molecule has 2 heteroatoms. The lowest BCUT2D eigenvalue weighted by Gasteiger charge is -2.44. The fourth-order valence-electron chi connectivity index (χ4n) is 4.70. The van der Waals surface area contributed by atoms with Gasteiger partial charge in [-0.1, -0.05) is 124 Å². The standard InChI is InChI=1S/C19H22.C16H22O2/c1-3-4-10-17(2)19(15-9-16-19)14-8-13-18-11-6-5-7-12-18;1-3-4-5-6-9-13(2)12-14-10-7-8-11-15(14)16(17)18/h3-7,10-12,17H,1,9,14-16H2,2H3;7-8,10-12H,3-6,9H2,1-2H3,(H,17,18)/b10-4+;13-12-. The lowest BCUT2D eigenvalue weighted by atomic mass is 9.60. The van der Waals surface area contributed by atoms with Crippen LogP contribution in [0.3, 0.4) is 0 Å². The molecule has 1 aliphatic rings. The maximum absolute atomic E-state index is 11.1. The average molecular weight is 497 g/mol. The fraction of sp³-hybridized carbons (Fsp3) is 0.400. The molecule has 1 aliphatic carbocycles. The van der Waals surface area contributed by atoms with Gasteiger partial charge in [-0.25, -0.2) is 4.79 Å². The summed E-state index contributed by atoms with van der Waals surface area (Å²) in [5.74, 6) is 6.40. The highest BCUT2D eigenvalue weighted by Gasteiger charge is 2.39. The molecule has 0 heterocycles. The minimum Gasteiger partial charge on any atom is -0.478 e. The zero-order valence-corrected chi connectivity index (χ0v) is 23.0. The van der Waals surface area contributed by atoms with E-state index in [0.29, 0.717) is 16.9 Å². The Labute approximate surface area is 225 Å². The molecule has 1 N–H and O–H groups in total. The largest absolute Gasteiger partial charge is 0.478 e. The summed E-state index contributed by atoms with van der Waals surface area (Å²) in [6.07, 6.45) is 19.2. The van der Waals surface area contributed by atoms with Crippen LogP contribution in [-0.2, 0) is 0 Å². The van der Waals surface area contributed by atoms with E-state index in [1.54, 1.807) is 12.1 Å². The van der Waals surface area contributed by atoms with E-state index in [4.69, 9.17) is 5.11 Å². The highest BCUT2D eigenvalue weighted by molar-refractivity contribution is 5.92. The summed E-state index contributed by atoms with van der Waals surface area (Å²) >= 11 is 0. The summed E-state index contributed by atoms with van der Waals surface area (Å²) in [4.78, 5) is 11.1. The number of hydrogen-bond donors (Lipinski definition) is 1. The Balaban J connectivity index is 0.000000261. The lowest BCUT2D eigenvalue weighted by molar-refractivity contribution is 0.0696. The highest BCUT2D eigenvalue weighted by Crippen LogP contribution is 2.50. The summed E-state index contributed by atoms with van der Waals surface area (Å²) < 4.78 is 0. The van der Waals surface area contributed by atoms with Crippen LogP contribution in [0.25, 0.3) is 6.08 Å². The van der Waals surface area contributed by atoms with Gasteiger partial charge in [0.15, 0.2) is 0 Å². The van der Waals surface area contributed by atoms with Crippen molar-refractivity contribution in [3.63, 3.8) is 0 Å². The van der Waals surface area contributed by atoms with E-state index in [9.17, 15) is 4.79 Å². The molecule has 0 saturated heterocycles. The van der Waals surface area contributed by atoms with Crippen molar-refractivity contribution in [2.75, 3.05) is 0 Å². The Kier molecular flexibility index (Phi) is 13.3. The molecule has 1 unspecified atom stereocenters. The van der Waals surface area contributed by atoms with Gasteiger partial charge in [0.25, 0.3) is 0 Å². The maximum atomic E-state index is 11.1. The van der Waals surface area contributed by atoms with Gasteiger partial charge in [-0.15, -0.1) is 0 Å². The van der Waals surface area contributed by atoms with Crippen molar-refractivity contribution in [3.05, 3.63) is 102 Å². The van der Waals surface area contributed by atoms with Crippen LogP contribution in [0.2, 0.25) is 0 Å². The second-order valence-corrected chi connectivity index (χ2v) is 10.2. The number of rotatable bonds is 11. The van der Waals surface area contributed by atoms with E-state index in [2.05, 4.69) is 63.5 Å². The van der Waals surface area contributed by atoms with E-state index in [1.807, 2.05) is 42.5 Å². The van der Waals surface area contributed by atoms with Gasteiger partial charge < -0.3 is 5.11 Å². The second-order valence-electron chi connectivity index (χ2n) is 10.2. The minimum absolute atomic E-state index is 0.380. The molecule has 2 nitrogen and oxygen atoms in total. The molecule has 0 aliphatic heterocycles. The number of carbonyl (C=O) groups is 1. The maximum Gasteiger partial charge on any atom is 0.336 e. The predicted molar refractivity (Wildman–Crippen MR) is 159 cm³/mol. The molecule has 1 saturated carbocycles. The van der Waals surface area contributed by atoms with Crippen LogP contribution in [0, 0.1) is 23.2 Å². The van der Waals surface area contributed by atoms with Crippen LogP contribution < -0.4 is 0 Å². The van der Waals surface area contributed by atoms with Crippen molar-refractivity contribution >= 4 is 12.0 Å². The summed E-state index contributed by atoms with van der Waals surface area (Å²) in [5.41, 5.74) is 3.95. The molecule has 2 aromatic rings. The van der Waals surface area contributed by atoms with Gasteiger partial charge in [0.05, 0.1) is 5.56 Å². The van der Waals surface area contributed by atoms with E-state index < -0.39 is 5.97 Å². The Morgan fingerprint density at radius 2 is 1.78 bits per heavy atom. The van der Waals surface area contributed by atoms with Gasteiger partial charge >= 0.3 is 5.97 Å². The molecule has 0 radical (unpaired) electrons. The van der Waals surface area contributed by atoms with Crippen molar-refractivity contribution in [2.24, 2.45) is 11.3 Å². The molecule has 1 atom stereocenters. The van der Waals surface area contributed by atoms with Crippen molar-refractivity contribution in [1.82, 2.24) is 0 Å². The molecule has 0 aromatic heterocycles. The molecule has 37 heavy (non-hydrogen) atoms. The molecule has 1 fully saturated rings. The molecule has 196 valence electrons. The first-order valence-corrected chi connectivity index (χ1v) is 13.7. The van der Waals surface area contributed by atoms with Crippen LogP contribution >= 0.6 is 0 Å². The van der Waals surface area contributed by atoms with Crippen molar-refractivity contribution in [2.45, 2.75) is 78.6 Å². The zero-order chi connectivity index (χ0) is 26.9. The Morgan fingerprint density at radius 1 is 1.08 bits per heavy atom. The molecular formula is C35H44O2. The summed E-state index contributed by atoms with van der Waals surface area (Å²) in [6, 6.07) is 17.4. The van der Waals surface area contributed by atoms with Gasteiger partial charge in [0, 0.05) is 12.0 Å². The van der Waals surface area contributed by atoms with Crippen LogP contribution in [0.1, 0.15) is 100 Å². The Bertz CT molecular complexity index is 1090. The fourth-order valence-corrected chi connectivity index (χ4v) is 4.70. The van der Waals surface area contributed by atoms with Gasteiger partial charge in [-0.3, -0.25) is 0 Å². The third-order valence-electron chi connectivity index (χ3n) is 7.32. The highest BCUT2D eigenvalue weighted by atomic mass is 16.4. The number of hydrogen-bond acceptors (Lipinski definition) is 1. The van der Waals surface area contributed by atoms with E-state index in [0.717, 1.165) is 24.0 Å². The average Bonchev–Trinajstić information content (AvgIpc) is 2.88. The third kappa shape index (κ3) is 10.3. The monoisotopic (exact) mass is 496 g/mol. The van der Waals surface area contributed by atoms with Crippen molar-refractivity contribution in [3.8, 4) is 11.8 Å². The SMILES string of the molecule is C=C/C=C/C(C)C1(CC#Cc2ccccc2)CCC1.CCCCCC/C(C)=C\c1ccccc1C(=O)O. The number of benzene rings is 2. The quantitative estimate of drug-likeness (QED) is 0.191. The summed E-state index contributed by atoms with van der Waals surface area (Å²) in [7, 11) is 0. The number of allylic oxidation sites excluding steroid dienone is 4. The molecule has 0 amide bonds. The first-order valence-electron chi connectivity index (χ1n) is 13.7. The molecule has 2 aromatic carbocycles. The second kappa shape index (κ2) is 16.4. The van der Waals surface area contributed by atoms with Crippen LogP contribution in [0.15, 0.2) is 85.0 Å². The predicted octanol–water partition coefficient (Wildman–Crippen LogP) is 9.74. The molecule has 0 spiro atoms. The Hall–Kier alpha value is -3.31. The normalized spacial score (nSPS) is 14.9.